The molecule has 2 saturated heterocycles. The number of likely N-dealkylation sites (N-methyl/N-ethyl adjacent to an activating group) is 1. The zero-order valence-electron chi connectivity index (χ0n) is 15.4. The first-order valence-corrected chi connectivity index (χ1v) is 10.1. The molecule has 0 spiro atoms. The quantitative estimate of drug-likeness (QED) is 0.566. The molecule has 2 aliphatic rings. The van der Waals surface area contributed by atoms with E-state index in [2.05, 4.69) is 58.0 Å². The molecule has 0 aromatic carbocycles. The van der Waals surface area contributed by atoms with Gasteiger partial charge in [0.1, 0.15) is 0 Å². The summed E-state index contributed by atoms with van der Waals surface area (Å²) in [5, 5.41) is 7.02. The molecule has 0 aromatic rings. The highest BCUT2D eigenvalue weighted by atomic mass is 32.2. The minimum absolute atomic E-state index is 0.375. The highest BCUT2D eigenvalue weighted by molar-refractivity contribution is 8.00. The summed E-state index contributed by atoms with van der Waals surface area (Å²) < 4.78 is 0.375. The Morgan fingerprint density at radius 3 is 2.57 bits per heavy atom. The largest absolute Gasteiger partial charge is 0.355 e. The maximum Gasteiger partial charge on any atom is 0.191 e. The molecule has 23 heavy (non-hydrogen) atoms. The van der Waals surface area contributed by atoms with Crippen LogP contribution in [-0.2, 0) is 0 Å². The fourth-order valence-corrected chi connectivity index (χ4v) is 4.61. The molecular formula is C17H35N5S. The molecule has 0 aliphatic carbocycles. The number of piperazine rings is 1. The van der Waals surface area contributed by atoms with Crippen LogP contribution in [0.4, 0.5) is 0 Å². The second kappa shape index (κ2) is 9.14. The lowest BCUT2D eigenvalue weighted by molar-refractivity contribution is 0.107. The highest BCUT2D eigenvalue weighted by Gasteiger charge is 2.29. The Morgan fingerprint density at radius 1 is 1.26 bits per heavy atom. The van der Waals surface area contributed by atoms with Crippen molar-refractivity contribution in [3.8, 4) is 0 Å². The lowest BCUT2D eigenvalue weighted by Crippen LogP contribution is -2.53. The monoisotopic (exact) mass is 341 g/mol. The van der Waals surface area contributed by atoms with Crippen LogP contribution >= 0.6 is 11.8 Å². The molecule has 0 aromatic heterocycles. The Balaban J connectivity index is 1.68. The van der Waals surface area contributed by atoms with E-state index in [0.717, 1.165) is 19.0 Å². The predicted octanol–water partition coefficient (Wildman–Crippen LogP) is 1.46. The Labute approximate surface area is 146 Å². The van der Waals surface area contributed by atoms with Gasteiger partial charge in [-0.05, 0) is 39.0 Å². The summed E-state index contributed by atoms with van der Waals surface area (Å²) in [5.74, 6) is 2.24. The maximum absolute atomic E-state index is 4.38. The fraction of sp³-hybridized carbons (Fsp3) is 0.941. The number of thioether (sulfide) groups is 1. The van der Waals surface area contributed by atoms with E-state index in [1.807, 2.05) is 7.05 Å². The van der Waals surface area contributed by atoms with Gasteiger partial charge in [0.2, 0.25) is 0 Å². The van der Waals surface area contributed by atoms with Gasteiger partial charge in [-0.25, -0.2) is 0 Å². The van der Waals surface area contributed by atoms with Crippen LogP contribution in [-0.4, -0.2) is 85.2 Å². The van der Waals surface area contributed by atoms with E-state index >= 15 is 0 Å². The van der Waals surface area contributed by atoms with Crippen molar-refractivity contribution in [1.82, 2.24) is 20.4 Å². The number of nitrogens with zero attached hydrogens (tertiary/aromatic N) is 3. The zero-order chi connectivity index (χ0) is 16.7. The van der Waals surface area contributed by atoms with Crippen molar-refractivity contribution in [3.05, 3.63) is 0 Å². The van der Waals surface area contributed by atoms with E-state index in [9.17, 15) is 0 Å². The summed E-state index contributed by atoms with van der Waals surface area (Å²) >= 11 is 2.09. The average molecular weight is 342 g/mol. The Morgan fingerprint density at radius 2 is 2.00 bits per heavy atom. The molecule has 2 rings (SSSR count). The average Bonchev–Trinajstić information content (AvgIpc) is 3.01. The van der Waals surface area contributed by atoms with Gasteiger partial charge in [-0.2, -0.15) is 11.8 Å². The molecule has 0 saturated carbocycles. The molecule has 2 atom stereocenters. The van der Waals surface area contributed by atoms with Crippen LogP contribution in [0.15, 0.2) is 4.99 Å². The van der Waals surface area contributed by atoms with E-state index in [4.69, 9.17) is 0 Å². The molecule has 2 N–H and O–H groups in total. The Hall–Kier alpha value is -0.460. The van der Waals surface area contributed by atoms with Crippen LogP contribution in [0.5, 0.6) is 0 Å². The third-order valence-electron chi connectivity index (χ3n) is 5.20. The van der Waals surface area contributed by atoms with E-state index in [-0.39, 0.29) is 0 Å². The van der Waals surface area contributed by atoms with Crippen LogP contribution in [0.1, 0.15) is 33.6 Å². The van der Waals surface area contributed by atoms with E-state index < -0.39 is 0 Å². The van der Waals surface area contributed by atoms with Crippen molar-refractivity contribution in [2.45, 2.75) is 44.4 Å². The molecule has 0 radical (unpaired) electrons. The van der Waals surface area contributed by atoms with Crippen LogP contribution < -0.4 is 10.6 Å². The van der Waals surface area contributed by atoms with Crippen LogP contribution in [0.3, 0.4) is 0 Å². The van der Waals surface area contributed by atoms with Crippen molar-refractivity contribution >= 4 is 17.7 Å². The van der Waals surface area contributed by atoms with Gasteiger partial charge in [0.15, 0.2) is 5.96 Å². The van der Waals surface area contributed by atoms with Crippen LogP contribution in [0.2, 0.25) is 0 Å². The molecule has 0 bridgehead atoms. The van der Waals surface area contributed by atoms with Gasteiger partial charge in [0.05, 0.1) is 0 Å². The van der Waals surface area contributed by atoms with Gasteiger partial charge in [-0.1, -0.05) is 6.92 Å². The summed E-state index contributed by atoms with van der Waals surface area (Å²) in [6.45, 7) is 14.8. The third kappa shape index (κ3) is 5.84. The Bertz CT molecular complexity index is 373. The molecular weight excluding hydrogens is 306 g/mol. The summed E-state index contributed by atoms with van der Waals surface area (Å²) in [6, 6.07) is 0.545. The molecule has 2 aliphatic heterocycles. The SMILES string of the molecule is CCN1CCN(C(C)CNC(=NC)NCC2(C)CCCS2)CC1. The van der Waals surface area contributed by atoms with Gasteiger partial charge in [0, 0.05) is 57.1 Å². The first-order valence-electron chi connectivity index (χ1n) is 9.11. The molecule has 0 amide bonds. The molecule has 6 heteroatoms. The van der Waals surface area contributed by atoms with Crippen molar-refractivity contribution < 1.29 is 0 Å². The minimum Gasteiger partial charge on any atom is -0.355 e. The van der Waals surface area contributed by atoms with Gasteiger partial charge in [-0.15, -0.1) is 0 Å². The number of rotatable bonds is 6. The number of hydrogen-bond donors (Lipinski definition) is 2. The Kier molecular flexibility index (Phi) is 7.50. The first-order chi connectivity index (χ1) is 11.1. The molecule has 134 valence electrons. The smallest absolute Gasteiger partial charge is 0.191 e. The first kappa shape index (κ1) is 18.9. The molecule has 2 heterocycles. The van der Waals surface area contributed by atoms with Gasteiger partial charge < -0.3 is 15.5 Å². The van der Waals surface area contributed by atoms with Crippen molar-refractivity contribution in [3.63, 3.8) is 0 Å². The van der Waals surface area contributed by atoms with E-state index in [0.29, 0.717) is 10.8 Å². The normalized spacial score (nSPS) is 28.8. The standard InChI is InChI=1S/C17H35N5S/c1-5-21-8-10-22(11-9-21)15(2)13-19-16(18-4)20-14-17(3)7-6-12-23-17/h15H,5-14H2,1-4H3,(H2,18,19,20). The fourth-order valence-electron chi connectivity index (χ4n) is 3.36. The highest BCUT2D eigenvalue weighted by Crippen LogP contribution is 2.36. The number of guanidine groups is 1. The van der Waals surface area contributed by atoms with Gasteiger partial charge >= 0.3 is 0 Å². The van der Waals surface area contributed by atoms with Crippen molar-refractivity contribution in [1.29, 1.82) is 0 Å². The van der Waals surface area contributed by atoms with Gasteiger partial charge in [0.25, 0.3) is 0 Å². The molecule has 2 unspecified atom stereocenters. The lowest BCUT2D eigenvalue weighted by atomic mass is 10.1. The minimum atomic E-state index is 0.375. The number of nitrogens with one attached hydrogen (secondary N) is 2. The summed E-state index contributed by atoms with van der Waals surface area (Å²) in [7, 11) is 1.87. The lowest BCUT2D eigenvalue weighted by Gasteiger charge is -2.37. The zero-order valence-corrected chi connectivity index (χ0v) is 16.2. The summed E-state index contributed by atoms with van der Waals surface area (Å²) in [4.78, 5) is 9.49. The predicted molar refractivity (Wildman–Crippen MR) is 103 cm³/mol. The topological polar surface area (TPSA) is 42.9 Å². The number of aliphatic imine (C=N–C) groups is 1. The summed E-state index contributed by atoms with van der Waals surface area (Å²) in [6.07, 6.45) is 2.65. The van der Waals surface area contributed by atoms with Crippen molar-refractivity contribution in [2.75, 3.05) is 58.6 Å². The van der Waals surface area contributed by atoms with E-state index in [1.54, 1.807) is 0 Å². The maximum atomic E-state index is 4.38. The van der Waals surface area contributed by atoms with E-state index in [1.165, 1.54) is 51.3 Å². The second-order valence-corrected chi connectivity index (χ2v) is 8.71. The third-order valence-corrected chi connectivity index (χ3v) is 6.73. The van der Waals surface area contributed by atoms with Crippen molar-refractivity contribution in [2.24, 2.45) is 4.99 Å². The van der Waals surface area contributed by atoms with Crippen LogP contribution in [0.25, 0.3) is 0 Å². The molecule has 2 fully saturated rings. The molecule has 5 nitrogen and oxygen atoms in total. The van der Waals surface area contributed by atoms with Gasteiger partial charge in [-0.3, -0.25) is 9.89 Å². The summed E-state index contributed by atoms with van der Waals surface area (Å²) in [5.41, 5.74) is 0. The van der Waals surface area contributed by atoms with Crippen LogP contribution in [0, 0.1) is 0 Å². The number of hydrogen-bond acceptors (Lipinski definition) is 4. The second-order valence-electron chi connectivity index (χ2n) is 7.03.